The Kier molecular flexibility index (Phi) is 5.81. The number of aromatic nitrogens is 1. The summed E-state index contributed by atoms with van der Waals surface area (Å²) in [5, 5.41) is 9.40. The Balaban J connectivity index is 0.000000422. The molecule has 2 aromatic rings. The van der Waals surface area contributed by atoms with Crippen LogP contribution < -0.4 is 4.74 Å². The number of alkyl halides is 3. The lowest BCUT2D eigenvalue weighted by Crippen LogP contribution is -2.16. The van der Waals surface area contributed by atoms with Crippen LogP contribution in [0.5, 0.6) is 5.75 Å². The first kappa shape index (κ1) is 17.4. The van der Waals surface area contributed by atoms with Gasteiger partial charge in [-0.2, -0.15) is 5.26 Å². The van der Waals surface area contributed by atoms with Gasteiger partial charge in [-0.3, -0.25) is 9.36 Å². The number of fused-ring (bicyclic) bond motifs is 1. The van der Waals surface area contributed by atoms with Gasteiger partial charge in [0.2, 0.25) is 0 Å². The average molecular weight is 314 g/mol. The first-order valence-electron chi connectivity index (χ1n) is 6.15. The third kappa shape index (κ3) is 4.70. The van der Waals surface area contributed by atoms with Crippen LogP contribution in [-0.4, -0.2) is 24.0 Å². The summed E-state index contributed by atoms with van der Waals surface area (Å²) in [5.41, 5.74) is 1.21. The molecule has 1 aromatic carbocycles. The summed E-state index contributed by atoms with van der Waals surface area (Å²) in [7, 11) is 0. The van der Waals surface area contributed by atoms with E-state index >= 15 is 0 Å². The number of nitrogens with zero attached hydrogens (tertiary/aromatic N) is 2. The van der Waals surface area contributed by atoms with Crippen LogP contribution in [-0.2, 0) is 9.53 Å². The fraction of sp³-hybridized carbons (Fsp3) is 0.286. The molecule has 118 valence electrons. The molecule has 1 aromatic heterocycles. The first-order chi connectivity index (χ1) is 10.3. The maximum Gasteiger partial charge on any atom is 0.573 e. The minimum atomic E-state index is -4.71. The lowest BCUT2D eigenvalue weighted by atomic mass is 10.2. The predicted octanol–water partition coefficient (Wildman–Crippen LogP) is 3.36. The molecule has 0 saturated carbocycles. The van der Waals surface area contributed by atoms with Gasteiger partial charge in [-0.05, 0) is 38.1 Å². The zero-order valence-electron chi connectivity index (χ0n) is 11.8. The van der Waals surface area contributed by atoms with Gasteiger partial charge in [-0.1, -0.05) is 0 Å². The molecule has 5 nitrogen and oxygen atoms in total. The van der Waals surface area contributed by atoms with E-state index in [1.807, 2.05) is 6.19 Å². The minimum Gasteiger partial charge on any atom is -0.468 e. The molecule has 22 heavy (non-hydrogen) atoms. The normalized spacial score (nSPS) is 10.4. The summed E-state index contributed by atoms with van der Waals surface area (Å²) >= 11 is 0. The van der Waals surface area contributed by atoms with Gasteiger partial charge < -0.3 is 9.47 Å². The number of carbonyl (C=O) groups excluding carboxylic acids is 1. The Morgan fingerprint density at radius 3 is 2.50 bits per heavy atom. The largest absolute Gasteiger partial charge is 0.573 e. The average Bonchev–Trinajstić information content (AvgIpc) is 2.73. The second kappa shape index (κ2) is 7.36. The van der Waals surface area contributed by atoms with E-state index in [1.54, 1.807) is 19.9 Å². The van der Waals surface area contributed by atoms with Crippen molar-refractivity contribution in [2.75, 3.05) is 6.61 Å². The van der Waals surface area contributed by atoms with Crippen molar-refractivity contribution in [2.24, 2.45) is 0 Å². The van der Waals surface area contributed by atoms with Crippen molar-refractivity contribution >= 4 is 17.4 Å². The topological polar surface area (TPSA) is 64.2 Å². The van der Waals surface area contributed by atoms with Crippen LogP contribution in [0.15, 0.2) is 24.3 Å². The van der Waals surface area contributed by atoms with Crippen molar-refractivity contribution in [3.63, 3.8) is 0 Å². The van der Waals surface area contributed by atoms with Crippen molar-refractivity contribution in [3.8, 4) is 11.9 Å². The third-order valence-electron chi connectivity index (χ3n) is 2.53. The molecule has 1 heterocycles. The maximum absolute atomic E-state index is 12.0. The van der Waals surface area contributed by atoms with E-state index in [0.717, 1.165) is 0 Å². The molecule has 0 aliphatic heterocycles. The Morgan fingerprint density at radius 1 is 1.36 bits per heavy atom. The number of aryl methyl sites for hydroxylation is 1. The van der Waals surface area contributed by atoms with E-state index < -0.39 is 6.36 Å². The summed E-state index contributed by atoms with van der Waals surface area (Å²) in [6.07, 6.45) is -2.77. The Hall–Kier alpha value is -2.69. The Bertz CT molecular complexity index is 687. The van der Waals surface area contributed by atoms with Crippen LogP contribution in [0.1, 0.15) is 12.6 Å². The van der Waals surface area contributed by atoms with E-state index in [4.69, 9.17) is 5.26 Å². The fourth-order valence-corrected chi connectivity index (χ4v) is 1.73. The van der Waals surface area contributed by atoms with Gasteiger partial charge in [-0.15, -0.1) is 13.2 Å². The van der Waals surface area contributed by atoms with Crippen molar-refractivity contribution in [3.05, 3.63) is 30.0 Å². The highest BCUT2D eigenvalue weighted by atomic mass is 19.4. The van der Waals surface area contributed by atoms with E-state index in [0.29, 0.717) is 29.7 Å². The van der Waals surface area contributed by atoms with E-state index in [1.165, 1.54) is 22.8 Å². The molecule has 0 unspecified atom stereocenters. The maximum atomic E-state index is 12.0. The van der Waals surface area contributed by atoms with Crippen molar-refractivity contribution in [1.82, 2.24) is 4.57 Å². The number of hydrogen-bond donors (Lipinski definition) is 0. The molecule has 0 amide bonds. The molecule has 0 radical (unpaired) electrons. The summed E-state index contributed by atoms with van der Waals surface area (Å²) in [6.45, 7) is 4.37. The van der Waals surface area contributed by atoms with Crippen LogP contribution >= 0.6 is 0 Å². The molecule has 0 bridgehead atoms. The fourth-order valence-electron chi connectivity index (χ4n) is 1.73. The van der Waals surface area contributed by atoms with Gasteiger partial charge in [0.1, 0.15) is 5.75 Å². The Labute approximate surface area is 124 Å². The van der Waals surface area contributed by atoms with Gasteiger partial charge in [0.05, 0.1) is 12.1 Å². The number of rotatable bonds is 3. The van der Waals surface area contributed by atoms with Crippen LogP contribution in [0.25, 0.3) is 10.9 Å². The van der Waals surface area contributed by atoms with E-state index in [-0.39, 0.29) is 5.75 Å². The molecule has 0 N–H and O–H groups in total. The molecular formula is C14H13F3N2O3. The number of hydrogen-bond acceptors (Lipinski definition) is 4. The molecule has 0 saturated heterocycles. The molecule has 0 spiro atoms. The number of halogens is 3. The summed E-state index contributed by atoms with van der Waals surface area (Å²) in [4.78, 5) is 9.18. The quantitative estimate of drug-likeness (QED) is 0.815. The van der Waals surface area contributed by atoms with E-state index in [9.17, 15) is 18.0 Å². The second-order valence-corrected chi connectivity index (χ2v) is 4.04. The van der Waals surface area contributed by atoms with Crippen molar-refractivity contribution in [1.29, 1.82) is 5.26 Å². The van der Waals surface area contributed by atoms with Gasteiger partial charge in [0.15, 0.2) is 6.19 Å². The predicted molar refractivity (Wildman–Crippen MR) is 72.1 cm³/mol. The zero-order chi connectivity index (χ0) is 16.8. The molecule has 0 fully saturated rings. The minimum absolute atomic E-state index is 0.292. The molecule has 0 atom stereocenters. The standard InChI is InChI=1S/C11H7F3N2O.C3H6O2/c1-7-4-8-5-9(17-11(12,13)14)2-3-10(8)16(7)6-15;1-2-5-3-4/h2-5H,1H3;3H,2H2,1H3. The molecular weight excluding hydrogens is 301 g/mol. The monoisotopic (exact) mass is 314 g/mol. The van der Waals surface area contributed by atoms with Gasteiger partial charge in [0, 0.05) is 11.1 Å². The van der Waals surface area contributed by atoms with Gasteiger partial charge in [-0.25, -0.2) is 0 Å². The van der Waals surface area contributed by atoms with Crippen LogP contribution in [0.3, 0.4) is 0 Å². The van der Waals surface area contributed by atoms with Crippen LogP contribution in [0.2, 0.25) is 0 Å². The lowest BCUT2D eigenvalue weighted by molar-refractivity contribution is -0.274. The van der Waals surface area contributed by atoms with Gasteiger partial charge >= 0.3 is 6.36 Å². The number of carbonyl (C=O) groups is 1. The summed E-state index contributed by atoms with van der Waals surface area (Å²) in [6, 6.07) is 5.49. The SMILES string of the molecule is CCOC=O.Cc1cc2cc(OC(F)(F)F)ccc2n1C#N. The molecule has 8 heteroatoms. The highest BCUT2D eigenvalue weighted by molar-refractivity contribution is 5.83. The summed E-state index contributed by atoms with van der Waals surface area (Å²) in [5.74, 6) is -0.292. The van der Waals surface area contributed by atoms with E-state index in [2.05, 4.69) is 9.47 Å². The smallest absolute Gasteiger partial charge is 0.468 e. The second-order valence-electron chi connectivity index (χ2n) is 4.04. The van der Waals surface area contributed by atoms with Crippen molar-refractivity contribution < 1.29 is 27.4 Å². The van der Waals surface area contributed by atoms with Crippen molar-refractivity contribution in [2.45, 2.75) is 20.2 Å². The highest BCUT2D eigenvalue weighted by Crippen LogP contribution is 2.27. The highest BCUT2D eigenvalue weighted by Gasteiger charge is 2.31. The summed E-state index contributed by atoms with van der Waals surface area (Å²) < 4.78 is 45.3. The van der Waals surface area contributed by atoms with Gasteiger partial charge in [0.25, 0.3) is 6.47 Å². The molecule has 2 rings (SSSR count). The number of nitriles is 1. The first-order valence-corrected chi connectivity index (χ1v) is 6.15. The molecule has 0 aliphatic carbocycles. The Morgan fingerprint density at radius 2 is 2.05 bits per heavy atom. The molecule has 0 aliphatic rings. The van der Waals surface area contributed by atoms with Crippen LogP contribution in [0.4, 0.5) is 13.2 Å². The van der Waals surface area contributed by atoms with Crippen LogP contribution in [0, 0.1) is 18.4 Å². The third-order valence-corrected chi connectivity index (χ3v) is 2.53. The number of benzene rings is 1. The zero-order valence-corrected chi connectivity index (χ0v) is 11.8. The lowest BCUT2D eigenvalue weighted by Gasteiger charge is -2.08. The number of ether oxygens (including phenoxy) is 2.